The highest BCUT2D eigenvalue weighted by atomic mass is 32.2. The van der Waals surface area contributed by atoms with Crippen LogP contribution in [0.5, 0.6) is 0 Å². The van der Waals surface area contributed by atoms with Gasteiger partial charge in [0.1, 0.15) is 10.7 Å². The lowest BCUT2D eigenvalue weighted by Crippen LogP contribution is -2.34. The molecular formula is C12H15F2NO3S. The summed E-state index contributed by atoms with van der Waals surface area (Å²) in [5.41, 5.74) is -0.637. The molecule has 19 heavy (non-hydrogen) atoms. The van der Waals surface area contributed by atoms with E-state index in [4.69, 9.17) is 5.11 Å². The highest BCUT2D eigenvalue weighted by Crippen LogP contribution is 2.33. The summed E-state index contributed by atoms with van der Waals surface area (Å²) in [5, 5.41) is 8.87. The molecule has 106 valence electrons. The van der Waals surface area contributed by atoms with Gasteiger partial charge >= 0.3 is 0 Å². The molecule has 0 amide bonds. The Kier molecular flexibility index (Phi) is 3.89. The van der Waals surface area contributed by atoms with Crippen LogP contribution in [0, 0.1) is 17.6 Å². The van der Waals surface area contributed by atoms with Crippen LogP contribution in [-0.2, 0) is 16.6 Å². The molecular weight excluding hydrogens is 276 g/mol. The minimum atomic E-state index is -4.05. The van der Waals surface area contributed by atoms with E-state index in [9.17, 15) is 17.2 Å². The average Bonchev–Trinajstić information content (AvgIpc) is 3.12. The summed E-state index contributed by atoms with van der Waals surface area (Å²) in [6.45, 7) is 0.822. The maximum atomic E-state index is 13.9. The largest absolute Gasteiger partial charge is 0.391 e. The van der Waals surface area contributed by atoms with E-state index in [1.165, 1.54) is 0 Å². The third-order valence-electron chi connectivity index (χ3n) is 3.27. The van der Waals surface area contributed by atoms with Gasteiger partial charge in [-0.15, -0.1) is 0 Å². The predicted octanol–water partition coefficient (Wildman–Crippen LogP) is 1.53. The summed E-state index contributed by atoms with van der Waals surface area (Å²) in [7, 11) is -4.05. The van der Waals surface area contributed by atoms with Gasteiger partial charge in [0, 0.05) is 6.04 Å². The van der Waals surface area contributed by atoms with E-state index in [1.807, 2.05) is 0 Å². The molecule has 2 rings (SSSR count). The number of hydrogen-bond donors (Lipinski definition) is 2. The second-order valence-electron chi connectivity index (χ2n) is 4.74. The highest BCUT2D eigenvalue weighted by Gasteiger charge is 2.32. The molecule has 7 heteroatoms. The lowest BCUT2D eigenvalue weighted by atomic mass is 10.2. The highest BCUT2D eigenvalue weighted by molar-refractivity contribution is 7.89. The van der Waals surface area contributed by atoms with Gasteiger partial charge in [-0.2, -0.15) is 0 Å². The Bertz CT molecular complexity index is 585. The molecule has 1 atom stereocenters. The Morgan fingerprint density at radius 2 is 2.05 bits per heavy atom. The van der Waals surface area contributed by atoms with Crippen LogP contribution in [0.3, 0.4) is 0 Å². The molecule has 1 aromatic rings. The molecule has 1 fully saturated rings. The Hall–Kier alpha value is -1.05. The summed E-state index contributed by atoms with van der Waals surface area (Å²) in [5.74, 6) is -1.93. The van der Waals surface area contributed by atoms with E-state index >= 15 is 0 Å². The maximum absolute atomic E-state index is 13.9. The third-order valence-corrected chi connectivity index (χ3v) is 4.84. The van der Waals surface area contributed by atoms with Gasteiger partial charge in [-0.05, 0) is 37.8 Å². The van der Waals surface area contributed by atoms with Gasteiger partial charge in [-0.3, -0.25) is 0 Å². The fraction of sp³-hybridized carbons (Fsp3) is 0.500. The monoisotopic (exact) mass is 291 g/mol. The molecule has 1 aliphatic carbocycles. The molecule has 0 aliphatic heterocycles. The second-order valence-corrected chi connectivity index (χ2v) is 6.43. The number of halogens is 2. The zero-order chi connectivity index (χ0) is 14.2. The number of rotatable bonds is 5. The van der Waals surface area contributed by atoms with Gasteiger partial charge in [0.25, 0.3) is 0 Å². The van der Waals surface area contributed by atoms with Crippen molar-refractivity contribution in [3.8, 4) is 0 Å². The van der Waals surface area contributed by atoms with Crippen molar-refractivity contribution in [3.05, 3.63) is 29.3 Å². The molecule has 0 saturated heterocycles. The summed E-state index contributed by atoms with van der Waals surface area (Å²) in [6.07, 6.45) is 1.88. The zero-order valence-corrected chi connectivity index (χ0v) is 11.2. The number of aliphatic hydroxyl groups excluding tert-OH is 1. The first-order valence-electron chi connectivity index (χ1n) is 5.97. The van der Waals surface area contributed by atoms with Crippen molar-refractivity contribution in [2.24, 2.45) is 5.92 Å². The number of sulfonamides is 1. The molecule has 0 aromatic heterocycles. The Labute approximate surface area is 110 Å². The first-order chi connectivity index (χ1) is 8.86. The lowest BCUT2D eigenvalue weighted by molar-refractivity contribution is 0.267. The van der Waals surface area contributed by atoms with Crippen molar-refractivity contribution < 1.29 is 22.3 Å². The molecule has 1 aliphatic rings. The number of hydrogen-bond acceptors (Lipinski definition) is 3. The molecule has 0 radical (unpaired) electrons. The van der Waals surface area contributed by atoms with Crippen LogP contribution in [0.4, 0.5) is 8.78 Å². The van der Waals surface area contributed by atoms with E-state index < -0.39 is 38.7 Å². The average molecular weight is 291 g/mol. The number of nitrogens with one attached hydrogen (secondary N) is 1. The van der Waals surface area contributed by atoms with E-state index in [-0.39, 0.29) is 12.0 Å². The molecule has 1 unspecified atom stereocenters. The van der Waals surface area contributed by atoms with Crippen LogP contribution in [0.1, 0.15) is 25.3 Å². The fourth-order valence-corrected chi connectivity index (χ4v) is 3.34. The Morgan fingerprint density at radius 1 is 1.42 bits per heavy atom. The Balaban J connectivity index is 2.34. The van der Waals surface area contributed by atoms with E-state index in [0.29, 0.717) is 0 Å². The summed E-state index contributed by atoms with van der Waals surface area (Å²) in [6, 6.07) is 1.42. The van der Waals surface area contributed by atoms with Crippen molar-refractivity contribution >= 4 is 10.0 Å². The standard InChI is InChI=1S/C12H15F2NO3S/c1-7(8-2-3-8)15-19(17,18)11-5-4-10(13)9(6-16)12(11)14/h4-5,7-8,15-16H,2-3,6H2,1H3. The quantitative estimate of drug-likeness (QED) is 0.864. The van der Waals surface area contributed by atoms with Crippen LogP contribution in [0.2, 0.25) is 0 Å². The molecule has 0 heterocycles. The summed E-state index contributed by atoms with van der Waals surface area (Å²) in [4.78, 5) is -0.634. The lowest BCUT2D eigenvalue weighted by Gasteiger charge is -2.14. The molecule has 0 bridgehead atoms. The smallest absolute Gasteiger partial charge is 0.243 e. The Morgan fingerprint density at radius 3 is 2.58 bits per heavy atom. The molecule has 1 saturated carbocycles. The van der Waals surface area contributed by atoms with E-state index in [0.717, 1.165) is 25.0 Å². The predicted molar refractivity (Wildman–Crippen MR) is 64.8 cm³/mol. The normalized spacial score (nSPS) is 17.5. The van der Waals surface area contributed by atoms with Gasteiger partial charge < -0.3 is 5.11 Å². The van der Waals surface area contributed by atoms with Crippen LogP contribution in [-0.4, -0.2) is 19.6 Å². The summed E-state index contributed by atoms with van der Waals surface area (Å²) < 4.78 is 53.5. The first kappa shape index (κ1) is 14.4. The molecule has 0 spiro atoms. The van der Waals surface area contributed by atoms with Gasteiger partial charge in [-0.1, -0.05) is 0 Å². The van der Waals surface area contributed by atoms with Crippen LogP contribution >= 0.6 is 0 Å². The third kappa shape index (κ3) is 2.93. The maximum Gasteiger partial charge on any atom is 0.243 e. The number of aliphatic hydroxyl groups is 1. The van der Waals surface area contributed by atoms with Gasteiger partial charge in [0.15, 0.2) is 5.82 Å². The first-order valence-corrected chi connectivity index (χ1v) is 7.45. The molecule has 2 N–H and O–H groups in total. The van der Waals surface area contributed by atoms with Gasteiger partial charge in [0.2, 0.25) is 10.0 Å². The van der Waals surface area contributed by atoms with Crippen LogP contribution < -0.4 is 4.72 Å². The van der Waals surface area contributed by atoms with Crippen LogP contribution in [0.25, 0.3) is 0 Å². The fourth-order valence-electron chi connectivity index (χ4n) is 1.93. The van der Waals surface area contributed by atoms with Gasteiger partial charge in [-0.25, -0.2) is 21.9 Å². The number of benzene rings is 1. The SMILES string of the molecule is CC(NS(=O)(=O)c1ccc(F)c(CO)c1F)C1CC1. The molecule has 1 aromatic carbocycles. The minimum absolute atomic E-state index is 0.274. The van der Waals surface area contributed by atoms with Crippen molar-refractivity contribution in [3.63, 3.8) is 0 Å². The van der Waals surface area contributed by atoms with Gasteiger partial charge in [0.05, 0.1) is 12.2 Å². The van der Waals surface area contributed by atoms with Crippen molar-refractivity contribution in [1.82, 2.24) is 4.72 Å². The topological polar surface area (TPSA) is 66.4 Å². The van der Waals surface area contributed by atoms with Crippen molar-refractivity contribution in [1.29, 1.82) is 0 Å². The second kappa shape index (κ2) is 5.15. The van der Waals surface area contributed by atoms with Crippen molar-refractivity contribution in [2.75, 3.05) is 0 Å². The van der Waals surface area contributed by atoms with Crippen LogP contribution in [0.15, 0.2) is 17.0 Å². The van der Waals surface area contributed by atoms with Crippen molar-refractivity contribution in [2.45, 2.75) is 37.3 Å². The van der Waals surface area contributed by atoms with E-state index in [1.54, 1.807) is 6.92 Å². The summed E-state index contributed by atoms with van der Waals surface area (Å²) >= 11 is 0. The minimum Gasteiger partial charge on any atom is -0.391 e. The molecule has 4 nitrogen and oxygen atoms in total. The van der Waals surface area contributed by atoms with E-state index in [2.05, 4.69) is 4.72 Å². The zero-order valence-electron chi connectivity index (χ0n) is 10.4.